The molecule has 0 unspecified atom stereocenters. The first-order valence-electron chi connectivity index (χ1n) is 5.65. The number of pyridine rings is 1. The van der Waals surface area contributed by atoms with E-state index >= 15 is 0 Å². The third-order valence-electron chi connectivity index (χ3n) is 2.54. The van der Waals surface area contributed by atoms with Gasteiger partial charge in [0.05, 0.1) is 12.5 Å². The molecule has 2 nitrogen and oxygen atoms in total. The van der Waals surface area contributed by atoms with E-state index in [2.05, 4.69) is 20.9 Å². The van der Waals surface area contributed by atoms with Crippen molar-refractivity contribution in [1.29, 1.82) is 0 Å². The Morgan fingerprint density at radius 2 is 2.17 bits per heavy atom. The van der Waals surface area contributed by atoms with Crippen molar-refractivity contribution >= 4 is 27.5 Å². The molecule has 4 heteroatoms. The molecule has 0 aliphatic carbocycles. The lowest BCUT2D eigenvalue weighted by atomic mass is 10.2. The van der Waals surface area contributed by atoms with Crippen LogP contribution in [0.2, 0.25) is 0 Å². The number of hydrogen-bond acceptors (Lipinski definition) is 2. The minimum absolute atomic E-state index is 0.446. The smallest absolute Gasteiger partial charge is 0.123 e. The molecule has 0 spiro atoms. The van der Waals surface area contributed by atoms with E-state index in [4.69, 9.17) is 16.3 Å². The highest BCUT2D eigenvalue weighted by Crippen LogP contribution is 2.24. The van der Waals surface area contributed by atoms with E-state index in [1.807, 2.05) is 36.5 Å². The molecule has 0 atom stereocenters. The summed E-state index contributed by atoms with van der Waals surface area (Å²) in [7, 11) is 0. The van der Waals surface area contributed by atoms with Crippen molar-refractivity contribution in [2.75, 3.05) is 6.61 Å². The number of nitrogens with zero attached hydrogens (tertiary/aromatic N) is 1. The number of rotatable bonds is 5. The number of ether oxygens (including phenoxy) is 1. The molecule has 0 saturated carbocycles. The minimum atomic E-state index is 0.446. The molecule has 1 heterocycles. The van der Waals surface area contributed by atoms with Crippen LogP contribution in [0.1, 0.15) is 11.1 Å². The molecule has 2 aromatic rings. The highest BCUT2D eigenvalue weighted by atomic mass is 79.9. The molecule has 1 aromatic carbocycles. The summed E-state index contributed by atoms with van der Waals surface area (Å²) >= 11 is 9.31. The quantitative estimate of drug-likeness (QED) is 0.768. The molecule has 0 aliphatic heterocycles. The van der Waals surface area contributed by atoms with Crippen LogP contribution in [0.25, 0.3) is 0 Å². The number of alkyl halides is 1. The van der Waals surface area contributed by atoms with Crippen molar-refractivity contribution in [2.45, 2.75) is 12.3 Å². The van der Waals surface area contributed by atoms with E-state index in [1.54, 1.807) is 6.20 Å². The molecular weight excluding hydrogens is 314 g/mol. The van der Waals surface area contributed by atoms with E-state index in [0.717, 1.165) is 22.2 Å². The zero-order chi connectivity index (χ0) is 12.8. The Morgan fingerprint density at radius 1 is 1.28 bits per heavy atom. The van der Waals surface area contributed by atoms with Crippen LogP contribution in [0.3, 0.4) is 0 Å². The van der Waals surface area contributed by atoms with Crippen LogP contribution in [-0.4, -0.2) is 11.6 Å². The average Bonchev–Trinajstić information content (AvgIpc) is 2.41. The van der Waals surface area contributed by atoms with Crippen LogP contribution in [0.15, 0.2) is 47.2 Å². The monoisotopic (exact) mass is 325 g/mol. The second-order valence-electron chi connectivity index (χ2n) is 3.85. The average molecular weight is 327 g/mol. The van der Waals surface area contributed by atoms with E-state index in [0.29, 0.717) is 12.5 Å². The van der Waals surface area contributed by atoms with Crippen LogP contribution in [0, 0.1) is 0 Å². The molecule has 2 rings (SSSR count). The first-order valence-corrected chi connectivity index (χ1v) is 6.98. The minimum Gasteiger partial charge on any atom is -0.493 e. The summed E-state index contributed by atoms with van der Waals surface area (Å²) in [5, 5.41) is 0. The Hall–Kier alpha value is -1.06. The third kappa shape index (κ3) is 3.72. The van der Waals surface area contributed by atoms with Gasteiger partial charge in [0.15, 0.2) is 0 Å². The van der Waals surface area contributed by atoms with Gasteiger partial charge in [0, 0.05) is 28.9 Å². The van der Waals surface area contributed by atoms with Crippen LogP contribution in [0.4, 0.5) is 0 Å². The van der Waals surface area contributed by atoms with E-state index < -0.39 is 0 Å². The SMILES string of the molecule is ClCc1cc(Br)ccc1OCCc1cccnc1. The van der Waals surface area contributed by atoms with Gasteiger partial charge in [-0.15, -0.1) is 11.6 Å². The summed E-state index contributed by atoms with van der Waals surface area (Å²) in [6.45, 7) is 0.622. The summed E-state index contributed by atoms with van der Waals surface area (Å²) < 4.78 is 6.77. The zero-order valence-corrected chi connectivity index (χ0v) is 12.1. The molecule has 0 fully saturated rings. The summed E-state index contributed by atoms with van der Waals surface area (Å²) in [5.41, 5.74) is 2.17. The molecule has 0 saturated heterocycles. The number of halogens is 2. The fraction of sp³-hybridized carbons (Fsp3) is 0.214. The molecule has 0 radical (unpaired) electrons. The van der Waals surface area contributed by atoms with Crippen molar-refractivity contribution in [3.05, 3.63) is 58.3 Å². The normalized spacial score (nSPS) is 10.3. The molecule has 0 N–H and O–H groups in total. The van der Waals surface area contributed by atoms with Gasteiger partial charge in [0.1, 0.15) is 5.75 Å². The topological polar surface area (TPSA) is 22.1 Å². The maximum absolute atomic E-state index is 5.89. The molecule has 0 aliphatic rings. The maximum atomic E-state index is 5.89. The van der Waals surface area contributed by atoms with Gasteiger partial charge in [0.25, 0.3) is 0 Å². The fourth-order valence-corrected chi connectivity index (χ4v) is 2.24. The predicted molar refractivity (Wildman–Crippen MR) is 77.1 cm³/mol. The van der Waals surface area contributed by atoms with Crippen LogP contribution in [-0.2, 0) is 12.3 Å². The van der Waals surface area contributed by atoms with Gasteiger partial charge in [-0.3, -0.25) is 4.98 Å². The standard InChI is InChI=1S/C14H13BrClNO/c15-13-3-4-14(12(8-13)9-16)18-7-5-11-2-1-6-17-10-11/h1-4,6,8,10H,5,7,9H2. The van der Waals surface area contributed by atoms with Gasteiger partial charge >= 0.3 is 0 Å². The Balaban J connectivity index is 1.94. The molecule has 94 valence electrons. The van der Waals surface area contributed by atoms with Gasteiger partial charge in [-0.05, 0) is 29.8 Å². The Morgan fingerprint density at radius 3 is 2.89 bits per heavy atom. The fourth-order valence-electron chi connectivity index (χ4n) is 1.62. The van der Waals surface area contributed by atoms with E-state index in [9.17, 15) is 0 Å². The Labute approximate surface area is 120 Å². The first-order chi connectivity index (χ1) is 8.79. The lowest BCUT2D eigenvalue weighted by molar-refractivity contribution is 0.319. The van der Waals surface area contributed by atoms with Gasteiger partial charge in [-0.1, -0.05) is 22.0 Å². The number of benzene rings is 1. The van der Waals surface area contributed by atoms with Gasteiger partial charge in [-0.25, -0.2) is 0 Å². The third-order valence-corrected chi connectivity index (χ3v) is 3.32. The summed E-state index contributed by atoms with van der Waals surface area (Å²) in [5.74, 6) is 1.29. The predicted octanol–water partition coefficient (Wildman–Crippen LogP) is 4.20. The number of hydrogen-bond donors (Lipinski definition) is 0. The first kappa shape index (κ1) is 13.4. The highest BCUT2D eigenvalue weighted by Gasteiger charge is 2.03. The van der Waals surface area contributed by atoms with Crippen LogP contribution in [0.5, 0.6) is 5.75 Å². The second kappa shape index (κ2) is 6.76. The van der Waals surface area contributed by atoms with Crippen molar-refractivity contribution in [2.24, 2.45) is 0 Å². The van der Waals surface area contributed by atoms with Crippen molar-refractivity contribution in [3.63, 3.8) is 0 Å². The number of aromatic nitrogens is 1. The van der Waals surface area contributed by atoms with E-state index in [-0.39, 0.29) is 0 Å². The van der Waals surface area contributed by atoms with Crippen LogP contribution < -0.4 is 4.74 Å². The maximum Gasteiger partial charge on any atom is 0.123 e. The largest absolute Gasteiger partial charge is 0.493 e. The van der Waals surface area contributed by atoms with E-state index in [1.165, 1.54) is 5.56 Å². The molecule has 0 bridgehead atoms. The van der Waals surface area contributed by atoms with Crippen molar-refractivity contribution < 1.29 is 4.74 Å². The molecule has 18 heavy (non-hydrogen) atoms. The summed E-state index contributed by atoms with van der Waals surface area (Å²) in [4.78, 5) is 4.07. The molecule has 0 amide bonds. The van der Waals surface area contributed by atoms with Gasteiger partial charge in [-0.2, -0.15) is 0 Å². The summed E-state index contributed by atoms with van der Waals surface area (Å²) in [6.07, 6.45) is 4.46. The van der Waals surface area contributed by atoms with Crippen molar-refractivity contribution in [1.82, 2.24) is 4.98 Å². The second-order valence-corrected chi connectivity index (χ2v) is 5.03. The Kier molecular flexibility index (Phi) is 5.02. The molecule has 1 aromatic heterocycles. The van der Waals surface area contributed by atoms with Gasteiger partial charge < -0.3 is 4.74 Å². The Bertz CT molecular complexity index is 504. The highest BCUT2D eigenvalue weighted by molar-refractivity contribution is 9.10. The lowest BCUT2D eigenvalue weighted by Crippen LogP contribution is -2.03. The van der Waals surface area contributed by atoms with Crippen molar-refractivity contribution in [3.8, 4) is 5.75 Å². The van der Waals surface area contributed by atoms with Gasteiger partial charge in [0.2, 0.25) is 0 Å². The molecular formula is C14H13BrClNO. The summed E-state index contributed by atoms with van der Waals surface area (Å²) in [6, 6.07) is 9.84. The lowest BCUT2D eigenvalue weighted by Gasteiger charge is -2.10. The van der Waals surface area contributed by atoms with Crippen LogP contribution >= 0.6 is 27.5 Å². The zero-order valence-electron chi connectivity index (χ0n) is 9.77.